The van der Waals surface area contributed by atoms with E-state index in [1.54, 1.807) is 0 Å². The van der Waals surface area contributed by atoms with Gasteiger partial charge in [0.15, 0.2) is 9.84 Å². The van der Waals surface area contributed by atoms with E-state index in [1.165, 1.54) is 0 Å². The van der Waals surface area contributed by atoms with Gasteiger partial charge in [-0.15, -0.1) is 0 Å². The van der Waals surface area contributed by atoms with Crippen LogP contribution in [0.25, 0.3) is 0 Å². The number of nitrogens with one attached hydrogen (secondary N) is 2. The van der Waals surface area contributed by atoms with Crippen molar-refractivity contribution in [1.82, 2.24) is 10.9 Å². The van der Waals surface area contributed by atoms with Crippen molar-refractivity contribution in [2.75, 3.05) is 11.5 Å². The van der Waals surface area contributed by atoms with E-state index in [9.17, 15) is 18.0 Å². The van der Waals surface area contributed by atoms with Crippen LogP contribution >= 0.6 is 0 Å². The maximum absolute atomic E-state index is 11.5. The normalized spacial score (nSPS) is 26.5. The van der Waals surface area contributed by atoms with Crippen molar-refractivity contribution in [2.24, 2.45) is 23.5 Å². The molecule has 1 rings (SSSR count). The van der Waals surface area contributed by atoms with Crippen LogP contribution in [-0.4, -0.2) is 31.7 Å². The summed E-state index contributed by atoms with van der Waals surface area (Å²) in [6.45, 7) is 0. The van der Waals surface area contributed by atoms with Crippen molar-refractivity contribution in [1.29, 1.82) is 0 Å². The molecule has 0 spiro atoms. The highest BCUT2D eigenvalue weighted by Crippen LogP contribution is 2.30. The average molecular weight is 264 g/mol. The van der Waals surface area contributed by atoms with Crippen LogP contribution in [0.3, 0.4) is 0 Å². The Morgan fingerprint density at radius 2 is 1.35 bits per heavy atom. The molecular formula is C8H16N4O4S. The van der Waals surface area contributed by atoms with E-state index >= 15 is 0 Å². The molecule has 98 valence electrons. The largest absolute Gasteiger partial charge is 0.294 e. The minimum atomic E-state index is -3.19. The Balaban J connectivity index is 2.71. The van der Waals surface area contributed by atoms with Gasteiger partial charge in [-0.1, -0.05) is 0 Å². The minimum Gasteiger partial charge on any atom is -0.294 e. The lowest BCUT2D eigenvalue weighted by Gasteiger charge is -2.15. The van der Waals surface area contributed by atoms with Gasteiger partial charge in [0, 0.05) is 12.8 Å². The van der Waals surface area contributed by atoms with E-state index in [0.29, 0.717) is 0 Å². The summed E-state index contributed by atoms with van der Waals surface area (Å²) in [6.07, 6.45) is -0.00348. The summed E-state index contributed by atoms with van der Waals surface area (Å²) in [4.78, 5) is 22.2. The molecule has 6 N–H and O–H groups in total. The third kappa shape index (κ3) is 3.95. The van der Waals surface area contributed by atoms with E-state index in [1.807, 2.05) is 10.9 Å². The van der Waals surface area contributed by atoms with Gasteiger partial charge in [-0.05, 0) is 11.8 Å². The van der Waals surface area contributed by atoms with Gasteiger partial charge < -0.3 is 0 Å². The summed E-state index contributed by atoms with van der Waals surface area (Å²) in [5.41, 5.74) is 3.90. The molecule has 0 aromatic rings. The van der Waals surface area contributed by atoms with Crippen LogP contribution in [0.2, 0.25) is 0 Å². The van der Waals surface area contributed by atoms with E-state index in [4.69, 9.17) is 11.7 Å². The van der Waals surface area contributed by atoms with Crippen molar-refractivity contribution in [2.45, 2.75) is 12.8 Å². The molecule has 17 heavy (non-hydrogen) atoms. The number of amides is 2. The standard InChI is InChI=1S/C8H16N4O4S/c9-11-7(13)1-5-3-17(15,16)4-6(5)2-8(14)12-10/h5-6H,1-4,9-10H2,(H,11,13)(H,12,14). The Morgan fingerprint density at radius 3 is 1.65 bits per heavy atom. The average Bonchev–Trinajstić information content (AvgIpc) is 2.52. The van der Waals surface area contributed by atoms with Gasteiger partial charge in [0.25, 0.3) is 0 Å². The fourth-order valence-corrected chi connectivity index (χ4v) is 4.26. The molecule has 0 aliphatic carbocycles. The van der Waals surface area contributed by atoms with Gasteiger partial charge >= 0.3 is 0 Å². The molecule has 8 nitrogen and oxygen atoms in total. The molecule has 2 amide bonds. The second kappa shape index (κ2) is 5.43. The van der Waals surface area contributed by atoms with Crippen molar-refractivity contribution >= 4 is 21.7 Å². The fourth-order valence-electron chi connectivity index (χ4n) is 2.04. The summed E-state index contributed by atoms with van der Waals surface area (Å²) in [7, 11) is -3.19. The number of sulfone groups is 1. The number of rotatable bonds is 4. The van der Waals surface area contributed by atoms with Gasteiger partial charge in [0.1, 0.15) is 0 Å². The zero-order valence-electron chi connectivity index (χ0n) is 9.18. The quantitative estimate of drug-likeness (QED) is 0.249. The summed E-state index contributed by atoms with van der Waals surface area (Å²) in [5.74, 6) is 8.04. The number of carbonyl (C=O) groups excluding carboxylic acids is 2. The fraction of sp³-hybridized carbons (Fsp3) is 0.750. The molecular weight excluding hydrogens is 248 g/mol. The van der Waals surface area contributed by atoms with Crippen molar-refractivity contribution in [3.63, 3.8) is 0 Å². The Hall–Kier alpha value is -1.19. The lowest BCUT2D eigenvalue weighted by atomic mass is 9.90. The van der Waals surface area contributed by atoms with E-state index < -0.39 is 21.7 Å². The van der Waals surface area contributed by atoms with Crippen LogP contribution in [0.4, 0.5) is 0 Å². The molecule has 1 aliphatic rings. The third-order valence-corrected chi connectivity index (χ3v) is 4.69. The molecule has 1 aliphatic heterocycles. The molecule has 2 unspecified atom stereocenters. The summed E-state index contributed by atoms with van der Waals surface area (Å²) >= 11 is 0. The van der Waals surface area contributed by atoms with Crippen LogP contribution in [0, 0.1) is 11.8 Å². The second-order valence-electron chi connectivity index (χ2n) is 4.14. The topological polar surface area (TPSA) is 144 Å². The van der Waals surface area contributed by atoms with Gasteiger partial charge in [-0.25, -0.2) is 20.1 Å². The maximum atomic E-state index is 11.5. The highest BCUT2D eigenvalue weighted by Gasteiger charge is 2.39. The monoisotopic (exact) mass is 264 g/mol. The number of hydrogen-bond acceptors (Lipinski definition) is 6. The molecule has 1 heterocycles. The van der Waals surface area contributed by atoms with Gasteiger partial charge in [-0.2, -0.15) is 0 Å². The van der Waals surface area contributed by atoms with Gasteiger partial charge in [0.05, 0.1) is 11.5 Å². The first-order valence-electron chi connectivity index (χ1n) is 5.07. The lowest BCUT2D eigenvalue weighted by molar-refractivity contribution is -0.124. The summed E-state index contributed by atoms with van der Waals surface area (Å²) in [5, 5.41) is 0. The van der Waals surface area contributed by atoms with Gasteiger partial charge in [0.2, 0.25) is 11.8 Å². The predicted molar refractivity (Wildman–Crippen MR) is 59.5 cm³/mol. The van der Waals surface area contributed by atoms with Crippen LogP contribution < -0.4 is 22.5 Å². The number of nitrogens with two attached hydrogens (primary N) is 2. The Labute approximate surface area is 99.0 Å². The Morgan fingerprint density at radius 1 is 1.00 bits per heavy atom. The number of hydrogen-bond donors (Lipinski definition) is 4. The van der Waals surface area contributed by atoms with Crippen LogP contribution in [0.15, 0.2) is 0 Å². The second-order valence-corrected chi connectivity index (χ2v) is 6.29. The smallest absolute Gasteiger partial charge is 0.234 e. The highest BCUT2D eigenvalue weighted by molar-refractivity contribution is 7.91. The first-order chi connectivity index (χ1) is 7.88. The van der Waals surface area contributed by atoms with E-state index in [2.05, 4.69) is 0 Å². The lowest BCUT2D eigenvalue weighted by Crippen LogP contribution is -2.35. The van der Waals surface area contributed by atoms with Crippen LogP contribution in [-0.2, 0) is 19.4 Å². The molecule has 2 atom stereocenters. The zero-order chi connectivity index (χ0) is 13.1. The van der Waals surface area contributed by atoms with Crippen LogP contribution in [0.5, 0.6) is 0 Å². The molecule has 0 bridgehead atoms. The molecule has 0 saturated carbocycles. The van der Waals surface area contributed by atoms with E-state index in [-0.39, 0.29) is 36.2 Å². The molecule has 1 saturated heterocycles. The number of carbonyl (C=O) groups is 2. The van der Waals surface area contributed by atoms with E-state index in [0.717, 1.165) is 0 Å². The SMILES string of the molecule is NNC(=O)CC1CS(=O)(=O)CC1CC(=O)NN. The highest BCUT2D eigenvalue weighted by atomic mass is 32.2. The Kier molecular flexibility index (Phi) is 4.43. The predicted octanol–water partition coefficient (Wildman–Crippen LogP) is -2.59. The third-order valence-electron chi connectivity index (χ3n) is 2.82. The molecule has 1 fully saturated rings. The first kappa shape index (κ1) is 13.9. The summed E-state index contributed by atoms with van der Waals surface area (Å²) in [6, 6.07) is 0. The van der Waals surface area contributed by atoms with Crippen molar-refractivity contribution in [3.8, 4) is 0 Å². The maximum Gasteiger partial charge on any atom is 0.234 e. The first-order valence-corrected chi connectivity index (χ1v) is 6.89. The summed E-state index contributed by atoms with van der Waals surface area (Å²) < 4.78 is 22.9. The molecule has 0 aromatic heterocycles. The van der Waals surface area contributed by atoms with Crippen LogP contribution in [0.1, 0.15) is 12.8 Å². The molecule has 9 heteroatoms. The minimum absolute atomic E-state index is 0.00174. The molecule has 0 aromatic carbocycles. The molecule has 0 radical (unpaired) electrons. The Bertz CT molecular complexity index is 376. The van der Waals surface area contributed by atoms with Gasteiger partial charge in [-0.3, -0.25) is 20.4 Å². The zero-order valence-corrected chi connectivity index (χ0v) is 10.00. The number of hydrazine groups is 2. The van der Waals surface area contributed by atoms with Crippen molar-refractivity contribution in [3.05, 3.63) is 0 Å². The van der Waals surface area contributed by atoms with Crippen molar-refractivity contribution < 1.29 is 18.0 Å².